The first-order valence-corrected chi connectivity index (χ1v) is 8.28. The van der Waals surface area contributed by atoms with Crippen LogP contribution in [0.15, 0.2) is 40.5 Å². The zero-order valence-electron chi connectivity index (χ0n) is 13.4. The van der Waals surface area contributed by atoms with E-state index in [0.717, 1.165) is 11.3 Å². The molecule has 23 heavy (non-hydrogen) atoms. The Balaban J connectivity index is 1.98. The minimum Gasteiger partial charge on any atom is -0.354 e. The number of carbonyl (C=O) groups is 2. The zero-order chi connectivity index (χ0) is 16.8. The van der Waals surface area contributed by atoms with E-state index >= 15 is 0 Å². The first-order chi connectivity index (χ1) is 11.0. The molecule has 1 heterocycles. The molecule has 1 aliphatic heterocycles. The largest absolute Gasteiger partial charge is 0.354 e. The molecule has 2 rings (SSSR count). The highest BCUT2D eigenvalue weighted by atomic mass is 32.2. The van der Waals surface area contributed by atoms with Gasteiger partial charge in [0.1, 0.15) is 5.25 Å². The topological polar surface area (TPSA) is 82.9 Å². The lowest BCUT2D eigenvalue weighted by Gasteiger charge is -2.09. The maximum absolute atomic E-state index is 11.9. The third-order valence-electron chi connectivity index (χ3n) is 3.08. The van der Waals surface area contributed by atoms with Crippen LogP contribution in [-0.2, 0) is 9.59 Å². The van der Waals surface area contributed by atoms with Gasteiger partial charge in [0, 0.05) is 12.5 Å². The summed E-state index contributed by atoms with van der Waals surface area (Å²) in [6.45, 7) is 5.62. The minimum atomic E-state index is -0.459. The van der Waals surface area contributed by atoms with Gasteiger partial charge in [-0.1, -0.05) is 42.1 Å². The predicted octanol–water partition coefficient (Wildman–Crippen LogP) is 1.91. The summed E-state index contributed by atoms with van der Waals surface area (Å²) in [4.78, 5) is 23.6. The Bertz CT molecular complexity index is 641. The molecule has 1 unspecified atom stereocenters. The molecule has 7 heteroatoms. The molecule has 122 valence electrons. The van der Waals surface area contributed by atoms with Gasteiger partial charge < -0.3 is 10.6 Å². The van der Waals surface area contributed by atoms with Crippen LogP contribution in [0.5, 0.6) is 0 Å². The van der Waals surface area contributed by atoms with Gasteiger partial charge in [-0.05, 0) is 26.3 Å². The second-order valence-corrected chi connectivity index (χ2v) is 6.67. The summed E-state index contributed by atoms with van der Waals surface area (Å²) >= 11 is 1.23. The van der Waals surface area contributed by atoms with Crippen LogP contribution in [0.25, 0.3) is 0 Å². The monoisotopic (exact) mass is 332 g/mol. The van der Waals surface area contributed by atoms with Gasteiger partial charge >= 0.3 is 0 Å². The lowest BCUT2D eigenvalue weighted by Crippen LogP contribution is -2.34. The van der Waals surface area contributed by atoms with Crippen molar-refractivity contribution in [2.24, 2.45) is 10.2 Å². The molecular weight excluding hydrogens is 312 g/mol. The molecule has 0 radical (unpaired) electrons. The molecule has 0 aliphatic carbocycles. The van der Waals surface area contributed by atoms with Crippen LogP contribution in [0.1, 0.15) is 32.8 Å². The molecule has 0 spiro atoms. The van der Waals surface area contributed by atoms with E-state index in [1.807, 2.05) is 51.1 Å². The van der Waals surface area contributed by atoms with Gasteiger partial charge in [0.05, 0.1) is 5.71 Å². The van der Waals surface area contributed by atoms with Crippen LogP contribution in [0.2, 0.25) is 0 Å². The van der Waals surface area contributed by atoms with Crippen molar-refractivity contribution in [3.63, 3.8) is 0 Å². The Labute approximate surface area is 139 Å². The molecule has 1 saturated heterocycles. The number of benzene rings is 1. The fraction of sp³-hybridized carbons (Fsp3) is 0.375. The summed E-state index contributed by atoms with van der Waals surface area (Å²) in [5.74, 6) is -0.349. The fourth-order valence-electron chi connectivity index (χ4n) is 1.99. The highest BCUT2D eigenvalue weighted by Gasteiger charge is 2.32. The average molecular weight is 332 g/mol. The first-order valence-electron chi connectivity index (χ1n) is 7.40. The summed E-state index contributed by atoms with van der Waals surface area (Å²) < 4.78 is 0. The van der Waals surface area contributed by atoms with Gasteiger partial charge in [-0.2, -0.15) is 5.10 Å². The molecular formula is C16H20N4O2S. The second-order valence-electron chi connectivity index (χ2n) is 5.48. The van der Waals surface area contributed by atoms with Crippen LogP contribution in [-0.4, -0.2) is 34.0 Å². The van der Waals surface area contributed by atoms with Gasteiger partial charge in [0.25, 0.3) is 0 Å². The molecule has 1 atom stereocenters. The molecule has 1 aliphatic rings. The van der Waals surface area contributed by atoms with Crippen molar-refractivity contribution < 1.29 is 9.59 Å². The van der Waals surface area contributed by atoms with Crippen LogP contribution in [0.3, 0.4) is 0 Å². The van der Waals surface area contributed by atoms with E-state index in [2.05, 4.69) is 20.8 Å². The number of carbonyl (C=O) groups excluding carboxylic acids is 2. The van der Waals surface area contributed by atoms with Crippen molar-refractivity contribution >= 4 is 34.5 Å². The van der Waals surface area contributed by atoms with Crippen LogP contribution in [0.4, 0.5) is 0 Å². The Morgan fingerprint density at radius 1 is 1.35 bits per heavy atom. The first kappa shape index (κ1) is 17.2. The minimum absolute atomic E-state index is 0.0585. The number of hydrogen-bond acceptors (Lipinski definition) is 5. The van der Waals surface area contributed by atoms with E-state index < -0.39 is 5.25 Å². The molecule has 0 aromatic heterocycles. The normalized spacial score (nSPS) is 20.0. The van der Waals surface area contributed by atoms with Gasteiger partial charge in [-0.15, -0.1) is 5.10 Å². The SMILES string of the molecule is C/C(=N\N=C1\NC(=O)C(CC(=O)NC(C)C)S1)c1ccccc1. The third kappa shape index (κ3) is 5.21. The van der Waals surface area contributed by atoms with Crippen LogP contribution in [0, 0.1) is 0 Å². The van der Waals surface area contributed by atoms with Crippen molar-refractivity contribution in [3.05, 3.63) is 35.9 Å². The Morgan fingerprint density at radius 2 is 2.04 bits per heavy atom. The number of thioether (sulfide) groups is 1. The quantitative estimate of drug-likeness (QED) is 0.638. The van der Waals surface area contributed by atoms with Crippen molar-refractivity contribution in [1.82, 2.24) is 10.6 Å². The van der Waals surface area contributed by atoms with Crippen LogP contribution >= 0.6 is 11.8 Å². The molecule has 1 aromatic carbocycles. The smallest absolute Gasteiger partial charge is 0.240 e. The lowest BCUT2D eigenvalue weighted by molar-refractivity contribution is -0.125. The van der Waals surface area contributed by atoms with Gasteiger partial charge in [0.2, 0.25) is 11.8 Å². The van der Waals surface area contributed by atoms with E-state index in [9.17, 15) is 9.59 Å². The number of amidine groups is 1. The summed E-state index contributed by atoms with van der Waals surface area (Å²) in [6.07, 6.45) is 0.134. The molecule has 0 saturated carbocycles. The van der Waals surface area contributed by atoms with E-state index in [4.69, 9.17) is 0 Å². The molecule has 2 amide bonds. The van der Waals surface area contributed by atoms with Gasteiger partial charge in [-0.3, -0.25) is 9.59 Å². The molecule has 1 fully saturated rings. The number of hydrogen-bond donors (Lipinski definition) is 2. The highest BCUT2D eigenvalue weighted by molar-refractivity contribution is 8.15. The molecule has 0 bridgehead atoms. The van der Waals surface area contributed by atoms with Crippen molar-refractivity contribution in [2.45, 2.75) is 38.5 Å². The number of rotatable bonds is 5. The molecule has 2 N–H and O–H groups in total. The number of amides is 2. The third-order valence-corrected chi connectivity index (χ3v) is 4.15. The summed E-state index contributed by atoms with van der Waals surface area (Å²) in [5, 5.41) is 13.6. The van der Waals surface area contributed by atoms with Crippen LogP contribution < -0.4 is 10.6 Å². The van der Waals surface area contributed by atoms with Gasteiger partial charge in [0.15, 0.2) is 5.17 Å². The van der Waals surface area contributed by atoms with E-state index in [1.54, 1.807) is 0 Å². The van der Waals surface area contributed by atoms with E-state index in [1.165, 1.54) is 11.8 Å². The summed E-state index contributed by atoms with van der Waals surface area (Å²) in [6, 6.07) is 9.73. The summed E-state index contributed by atoms with van der Waals surface area (Å²) in [5.41, 5.74) is 1.73. The summed E-state index contributed by atoms with van der Waals surface area (Å²) in [7, 11) is 0. The van der Waals surface area contributed by atoms with Gasteiger partial charge in [-0.25, -0.2) is 0 Å². The van der Waals surface area contributed by atoms with Crippen molar-refractivity contribution in [3.8, 4) is 0 Å². The Hall–Kier alpha value is -2.15. The maximum atomic E-state index is 11.9. The zero-order valence-corrected chi connectivity index (χ0v) is 14.2. The molecule has 1 aromatic rings. The second kappa shape index (κ2) is 7.92. The fourth-order valence-corrected chi connectivity index (χ4v) is 2.91. The number of nitrogens with zero attached hydrogens (tertiary/aromatic N) is 2. The highest BCUT2D eigenvalue weighted by Crippen LogP contribution is 2.22. The predicted molar refractivity (Wildman–Crippen MR) is 93.5 cm³/mol. The van der Waals surface area contributed by atoms with Crippen molar-refractivity contribution in [1.29, 1.82) is 0 Å². The maximum Gasteiger partial charge on any atom is 0.240 e. The number of nitrogens with one attached hydrogen (secondary N) is 2. The van der Waals surface area contributed by atoms with E-state index in [0.29, 0.717) is 5.17 Å². The van der Waals surface area contributed by atoms with E-state index in [-0.39, 0.29) is 24.3 Å². The average Bonchev–Trinajstić information content (AvgIpc) is 2.85. The standard InChI is InChI=1S/C16H20N4O2S/c1-10(2)17-14(21)9-13-15(22)18-16(23-13)20-19-11(3)12-7-5-4-6-8-12/h4-8,10,13H,9H2,1-3H3,(H,17,21)(H,18,20,22)/b19-11+. The van der Waals surface area contributed by atoms with Crippen molar-refractivity contribution in [2.75, 3.05) is 0 Å². The lowest BCUT2D eigenvalue weighted by atomic mass is 10.1. The Kier molecular flexibility index (Phi) is 5.92. The Morgan fingerprint density at radius 3 is 2.70 bits per heavy atom. The molecule has 6 nitrogen and oxygen atoms in total.